The molecule has 0 aliphatic heterocycles. The van der Waals surface area contributed by atoms with E-state index in [0.717, 1.165) is 60.2 Å². The number of nitrogens with zero attached hydrogens (tertiary/aromatic N) is 1. The monoisotopic (exact) mass is 401 g/mol. The summed E-state index contributed by atoms with van der Waals surface area (Å²) in [5.74, 6) is -0.311. The Bertz CT molecular complexity index is 1120. The van der Waals surface area contributed by atoms with Crippen LogP contribution in [0, 0.1) is 5.82 Å². The largest absolute Gasteiger partial charge is 0.462 e. The maximum absolute atomic E-state index is 13.7. The highest BCUT2D eigenvalue weighted by molar-refractivity contribution is 6.00. The molecule has 0 N–H and O–H groups in total. The Hall–Kier alpha value is -3.01. The summed E-state index contributed by atoms with van der Waals surface area (Å²) >= 11 is 0. The lowest BCUT2D eigenvalue weighted by Crippen LogP contribution is -2.16. The molecular weight excluding hydrogens is 377 g/mol. The summed E-state index contributed by atoms with van der Waals surface area (Å²) in [6.45, 7) is 2.13. The van der Waals surface area contributed by atoms with Crippen molar-refractivity contribution in [1.82, 2.24) is 4.98 Å². The summed E-state index contributed by atoms with van der Waals surface area (Å²) in [7, 11) is 0. The molecule has 2 aromatic carbocycles. The third-order valence-electron chi connectivity index (χ3n) is 6.11. The Labute approximate surface area is 175 Å². The minimum atomic E-state index is -0.323. The van der Waals surface area contributed by atoms with E-state index < -0.39 is 0 Å². The van der Waals surface area contributed by atoms with E-state index in [9.17, 15) is 9.18 Å². The van der Waals surface area contributed by atoms with Crippen molar-refractivity contribution < 1.29 is 13.9 Å². The van der Waals surface area contributed by atoms with Gasteiger partial charge in [0, 0.05) is 23.6 Å². The van der Waals surface area contributed by atoms with Crippen LogP contribution in [0.5, 0.6) is 0 Å². The zero-order valence-corrected chi connectivity index (χ0v) is 17.1. The number of hydrogen-bond donors (Lipinski definition) is 0. The van der Waals surface area contributed by atoms with Crippen LogP contribution in [0.1, 0.15) is 64.1 Å². The van der Waals surface area contributed by atoms with Crippen LogP contribution < -0.4 is 0 Å². The van der Waals surface area contributed by atoms with Gasteiger partial charge in [-0.2, -0.15) is 0 Å². The van der Waals surface area contributed by atoms with E-state index in [1.54, 1.807) is 12.1 Å². The SMILES string of the molecule is CCOC(=O)c1c(C2CC2)nc2c(c1-c1ccc(F)cc1)CCc1ccccc1C2. The smallest absolute Gasteiger partial charge is 0.340 e. The van der Waals surface area contributed by atoms with Crippen molar-refractivity contribution in [3.8, 4) is 11.1 Å². The number of fused-ring (bicyclic) bond motifs is 2. The second-order valence-electron chi connectivity index (χ2n) is 8.12. The van der Waals surface area contributed by atoms with Crippen LogP contribution in [0.25, 0.3) is 11.1 Å². The maximum Gasteiger partial charge on any atom is 0.340 e. The molecule has 4 heteroatoms. The molecule has 1 aromatic heterocycles. The van der Waals surface area contributed by atoms with Gasteiger partial charge in [0.25, 0.3) is 0 Å². The number of pyridine rings is 1. The summed E-state index contributed by atoms with van der Waals surface area (Å²) in [5.41, 5.74) is 7.91. The van der Waals surface area contributed by atoms with Crippen molar-refractivity contribution in [1.29, 1.82) is 0 Å². The third-order valence-corrected chi connectivity index (χ3v) is 6.11. The van der Waals surface area contributed by atoms with Crippen molar-refractivity contribution in [2.24, 2.45) is 0 Å². The van der Waals surface area contributed by atoms with E-state index in [1.165, 1.54) is 23.3 Å². The molecule has 3 nitrogen and oxygen atoms in total. The number of carbonyl (C=O) groups excluding carboxylic acids is 1. The molecule has 2 aliphatic rings. The van der Waals surface area contributed by atoms with Gasteiger partial charge in [-0.3, -0.25) is 4.98 Å². The normalized spacial score (nSPS) is 15.1. The molecule has 3 aromatic rings. The Kier molecular flexibility index (Phi) is 4.86. The van der Waals surface area contributed by atoms with Crippen LogP contribution in [0.2, 0.25) is 0 Å². The van der Waals surface area contributed by atoms with Gasteiger partial charge < -0.3 is 4.74 Å². The minimum absolute atomic E-state index is 0.286. The average molecular weight is 401 g/mol. The number of benzene rings is 2. The number of halogens is 1. The molecule has 0 spiro atoms. The van der Waals surface area contributed by atoms with Gasteiger partial charge in [-0.1, -0.05) is 36.4 Å². The third kappa shape index (κ3) is 3.41. The molecule has 0 bridgehead atoms. The number of rotatable bonds is 4. The van der Waals surface area contributed by atoms with Gasteiger partial charge in [-0.15, -0.1) is 0 Å². The fourth-order valence-corrected chi connectivity index (χ4v) is 4.52. The number of aryl methyl sites for hydroxylation is 1. The quantitative estimate of drug-likeness (QED) is 0.532. The molecule has 2 aliphatic carbocycles. The molecular formula is C26H24FNO2. The molecule has 152 valence electrons. The topological polar surface area (TPSA) is 39.2 Å². The lowest BCUT2D eigenvalue weighted by Gasteiger charge is -2.20. The number of carbonyl (C=O) groups is 1. The maximum atomic E-state index is 13.7. The number of ether oxygens (including phenoxy) is 1. The first-order valence-electron chi connectivity index (χ1n) is 10.7. The molecule has 0 amide bonds. The molecule has 1 heterocycles. The van der Waals surface area contributed by atoms with E-state index >= 15 is 0 Å². The highest BCUT2D eigenvalue weighted by atomic mass is 19.1. The summed E-state index contributed by atoms with van der Waals surface area (Å²) < 4.78 is 19.1. The number of esters is 1. The standard InChI is InChI=1S/C26H24FNO2/c1-2-30-26(29)24-23(17-9-12-20(27)13-10-17)21-14-11-16-5-3-4-6-19(16)15-22(21)28-25(24)18-7-8-18/h3-6,9-10,12-13,18H,2,7-8,11,14-15H2,1H3. The van der Waals surface area contributed by atoms with Crippen LogP contribution in [0.3, 0.4) is 0 Å². The lowest BCUT2D eigenvalue weighted by atomic mass is 9.89. The van der Waals surface area contributed by atoms with Crippen LogP contribution in [0.4, 0.5) is 4.39 Å². The van der Waals surface area contributed by atoms with E-state index in [-0.39, 0.29) is 11.8 Å². The number of hydrogen-bond acceptors (Lipinski definition) is 3. The van der Waals surface area contributed by atoms with Gasteiger partial charge in [0.2, 0.25) is 0 Å². The molecule has 1 fully saturated rings. The fraction of sp³-hybridized carbons (Fsp3) is 0.308. The van der Waals surface area contributed by atoms with Crippen molar-refractivity contribution in [2.75, 3.05) is 6.61 Å². The lowest BCUT2D eigenvalue weighted by molar-refractivity contribution is 0.0525. The van der Waals surface area contributed by atoms with Gasteiger partial charge in [-0.25, -0.2) is 9.18 Å². The van der Waals surface area contributed by atoms with Gasteiger partial charge in [-0.05, 0) is 67.0 Å². The predicted molar refractivity (Wildman–Crippen MR) is 114 cm³/mol. The van der Waals surface area contributed by atoms with Crippen molar-refractivity contribution in [2.45, 2.75) is 44.9 Å². The Morgan fingerprint density at radius 3 is 2.50 bits per heavy atom. The van der Waals surface area contributed by atoms with Crippen LogP contribution in [-0.4, -0.2) is 17.6 Å². The Balaban J connectivity index is 1.77. The van der Waals surface area contributed by atoms with Crippen molar-refractivity contribution in [3.63, 3.8) is 0 Å². The molecule has 0 atom stereocenters. The zero-order chi connectivity index (χ0) is 20.7. The second kappa shape index (κ2) is 7.67. The second-order valence-corrected chi connectivity index (χ2v) is 8.12. The molecule has 30 heavy (non-hydrogen) atoms. The summed E-state index contributed by atoms with van der Waals surface area (Å²) in [6.07, 6.45) is 4.52. The van der Waals surface area contributed by atoms with Crippen LogP contribution >= 0.6 is 0 Å². The first kappa shape index (κ1) is 19.0. The van der Waals surface area contributed by atoms with Crippen molar-refractivity contribution in [3.05, 3.63) is 88.0 Å². The van der Waals surface area contributed by atoms with Gasteiger partial charge in [0.05, 0.1) is 17.9 Å². The highest BCUT2D eigenvalue weighted by Crippen LogP contribution is 2.45. The van der Waals surface area contributed by atoms with Crippen LogP contribution in [-0.2, 0) is 24.0 Å². The fourth-order valence-electron chi connectivity index (χ4n) is 4.52. The van der Waals surface area contributed by atoms with Gasteiger partial charge in [0.15, 0.2) is 0 Å². The summed E-state index contributed by atoms with van der Waals surface area (Å²) in [6, 6.07) is 14.9. The molecule has 1 saturated carbocycles. The first-order valence-corrected chi connectivity index (χ1v) is 10.7. The zero-order valence-electron chi connectivity index (χ0n) is 17.1. The Morgan fingerprint density at radius 1 is 1.07 bits per heavy atom. The Morgan fingerprint density at radius 2 is 1.80 bits per heavy atom. The predicted octanol–water partition coefficient (Wildman–Crippen LogP) is 5.63. The minimum Gasteiger partial charge on any atom is -0.462 e. The first-order chi connectivity index (χ1) is 14.7. The molecule has 0 saturated heterocycles. The van der Waals surface area contributed by atoms with Crippen molar-refractivity contribution >= 4 is 5.97 Å². The van der Waals surface area contributed by atoms with Crippen LogP contribution in [0.15, 0.2) is 48.5 Å². The average Bonchev–Trinajstić information content (AvgIpc) is 3.60. The van der Waals surface area contributed by atoms with Gasteiger partial charge >= 0.3 is 5.97 Å². The van der Waals surface area contributed by atoms with E-state index in [2.05, 4.69) is 24.3 Å². The van der Waals surface area contributed by atoms with E-state index in [1.807, 2.05) is 6.92 Å². The van der Waals surface area contributed by atoms with E-state index in [0.29, 0.717) is 18.1 Å². The molecule has 0 unspecified atom stereocenters. The molecule has 5 rings (SSSR count). The molecule has 0 radical (unpaired) electrons. The summed E-state index contributed by atoms with van der Waals surface area (Å²) in [5, 5.41) is 0. The highest BCUT2D eigenvalue weighted by Gasteiger charge is 2.35. The van der Waals surface area contributed by atoms with Gasteiger partial charge in [0.1, 0.15) is 5.82 Å². The van der Waals surface area contributed by atoms with E-state index in [4.69, 9.17) is 9.72 Å². The number of aromatic nitrogens is 1. The summed E-state index contributed by atoms with van der Waals surface area (Å²) in [4.78, 5) is 18.2.